The highest BCUT2D eigenvalue weighted by Crippen LogP contribution is 2.28. The number of piperidine rings is 1. The maximum Gasteiger partial charge on any atom is 0.227 e. The van der Waals surface area contributed by atoms with E-state index in [-0.39, 0.29) is 29.9 Å². The molecule has 3 heterocycles. The third kappa shape index (κ3) is 5.28. The van der Waals surface area contributed by atoms with Crippen LogP contribution in [0.4, 0.5) is 21.6 Å². The number of hydrogen-bond acceptors (Lipinski definition) is 5. The molecule has 2 fully saturated rings. The summed E-state index contributed by atoms with van der Waals surface area (Å²) in [6.45, 7) is 6.76. The Morgan fingerprint density at radius 1 is 1.13 bits per heavy atom. The molecule has 1 aromatic carbocycles. The second-order valence-corrected chi connectivity index (χ2v) is 8.85. The van der Waals surface area contributed by atoms with Crippen LogP contribution in [-0.4, -0.2) is 49.3 Å². The van der Waals surface area contributed by atoms with Crippen LogP contribution >= 0.6 is 11.6 Å². The highest BCUT2D eigenvalue weighted by atomic mass is 35.5. The first-order valence-electron chi connectivity index (χ1n) is 10.8. The first-order valence-corrected chi connectivity index (χ1v) is 11.1. The molecular weight excluding hydrogens is 419 g/mol. The summed E-state index contributed by atoms with van der Waals surface area (Å²) in [7, 11) is 0. The van der Waals surface area contributed by atoms with Gasteiger partial charge in [0.15, 0.2) is 0 Å². The van der Waals surface area contributed by atoms with Crippen molar-refractivity contribution < 1.29 is 13.9 Å². The lowest BCUT2D eigenvalue weighted by molar-refractivity contribution is -0.120. The molecule has 0 aliphatic carbocycles. The van der Waals surface area contributed by atoms with Gasteiger partial charge in [-0.3, -0.25) is 4.79 Å². The zero-order valence-electron chi connectivity index (χ0n) is 17.9. The largest absolute Gasteiger partial charge is 0.372 e. The fourth-order valence-electron chi connectivity index (χ4n) is 4.39. The first kappa shape index (κ1) is 21.8. The Bertz CT molecular complexity index is 908. The number of nitrogens with one attached hydrogen (secondary N) is 1. The summed E-state index contributed by atoms with van der Waals surface area (Å²) in [4.78, 5) is 21.2. The fraction of sp³-hybridized carbons (Fsp3) is 0.478. The van der Waals surface area contributed by atoms with Crippen molar-refractivity contribution in [3.05, 3.63) is 47.4 Å². The molecule has 166 valence electrons. The van der Waals surface area contributed by atoms with E-state index in [1.54, 1.807) is 18.3 Å². The summed E-state index contributed by atoms with van der Waals surface area (Å²) in [5.41, 5.74) is 1.03. The van der Waals surface area contributed by atoms with E-state index >= 15 is 0 Å². The van der Waals surface area contributed by atoms with Crippen LogP contribution < -0.4 is 15.1 Å². The fourth-order valence-corrected chi connectivity index (χ4v) is 4.50. The zero-order chi connectivity index (χ0) is 22.0. The standard InChI is InChI=1S/C23H28ClFN4O2/c1-15-13-29(14-16(2)31-15)21-5-4-19(11-20(21)25)27-23(30)17-7-9-28(10-8-17)22-6-3-18(24)12-26-22/h3-6,11-12,15-17H,7-10,13-14H2,1-2H3,(H,27,30)/t15-,16+. The molecule has 0 unspecified atom stereocenters. The Morgan fingerprint density at radius 2 is 1.84 bits per heavy atom. The van der Waals surface area contributed by atoms with E-state index in [0.29, 0.717) is 29.5 Å². The predicted molar refractivity (Wildman–Crippen MR) is 121 cm³/mol. The summed E-state index contributed by atoms with van der Waals surface area (Å²) in [5.74, 6) is 0.368. The maximum absolute atomic E-state index is 14.8. The van der Waals surface area contributed by atoms with Crippen LogP contribution in [0.15, 0.2) is 36.5 Å². The molecule has 1 N–H and O–H groups in total. The minimum absolute atomic E-state index is 0.0523. The molecule has 2 aliphatic rings. The summed E-state index contributed by atoms with van der Waals surface area (Å²) in [6.07, 6.45) is 3.18. The Balaban J connectivity index is 1.33. The van der Waals surface area contributed by atoms with Gasteiger partial charge in [-0.25, -0.2) is 9.37 Å². The van der Waals surface area contributed by atoms with E-state index < -0.39 is 0 Å². The molecule has 2 aliphatic heterocycles. The van der Waals surface area contributed by atoms with Crippen molar-refractivity contribution in [3.8, 4) is 0 Å². The number of morpholine rings is 1. The minimum Gasteiger partial charge on any atom is -0.372 e. The number of carbonyl (C=O) groups excluding carboxylic acids is 1. The molecule has 1 amide bonds. The highest BCUT2D eigenvalue weighted by molar-refractivity contribution is 6.30. The van der Waals surface area contributed by atoms with Gasteiger partial charge in [-0.05, 0) is 57.0 Å². The van der Waals surface area contributed by atoms with Crippen molar-refractivity contribution in [2.24, 2.45) is 5.92 Å². The van der Waals surface area contributed by atoms with Gasteiger partial charge in [-0.1, -0.05) is 11.6 Å². The molecule has 0 saturated carbocycles. The normalized spacial score (nSPS) is 22.5. The van der Waals surface area contributed by atoms with Crippen LogP contribution in [0.3, 0.4) is 0 Å². The van der Waals surface area contributed by atoms with Crippen molar-refractivity contribution >= 4 is 34.7 Å². The Morgan fingerprint density at radius 3 is 2.45 bits per heavy atom. The monoisotopic (exact) mass is 446 g/mol. The van der Waals surface area contributed by atoms with Crippen LogP contribution in [0.25, 0.3) is 0 Å². The van der Waals surface area contributed by atoms with Crippen molar-refractivity contribution in [2.75, 3.05) is 41.3 Å². The number of nitrogens with zero attached hydrogens (tertiary/aromatic N) is 3. The van der Waals surface area contributed by atoms with Gasteiger partial charge in [0.2, 0.25) is 5.91 Å². The molecule has 31 heavy (non-hydrogen) atoms. The van der Waals surface area contributed by atoms with Crippen LogP contribution in [0, 0.1) is 11.7 Å². The van der Waals surface area contributed by atoms with Gasteiger partial charge in [-0.2, -0.15) is 0 Å². The molecule has 0 spiro atoms. The molecule has 4 rings (SSSR count). The molecular formula is C23H28ClFN4O2. The predicted octanol–water partition coefficient (Wildman–Crippen LogP) is 4.34. The highest BCUT2D eigenvalue weighted by Gasteiger charge is 2.27. The van der Waals surface area contributed by atoms with Gasteiger partial charge in [0.05, 0.1) is 22.9 Å². The second kappa shape index (κ2) is 9.40. The third-order valence-electron chi connectivity index (χ3n) is 5.88. The lowest BCUT2D eigenvalue weighted by Crippen LogP contribution is -2.45. The second-order valence-electron chi connectivity index (χ2n) is 8.41. The average molecular weight is 447 g/mol. The lowest BCUT2D eigenvalue weighted by Gasteiger charge is -2.37. The van der Waals surface area contributed by atoms with Crippen LogP contribution in [0.1, 0.15) is 26.7 Å². The van der Waals surface area contributed by atoms with Gasteiger partial charge in [0, 0.05) is 44.0 Å². The zero-order valence-corrected chi connectivity index (χ0v) is 18.6. The van der Waals surface area contributed by atoms with Crippen LogP contribution in [0.2, 0.25) is 5.02 Å². The van der Waals surface area contributed by atoms with Gasteiger partial charge in [0.25, 0.3) is 0 Å². The minimum atomic E-state index is -0.331. The number of aromatic nitrogens is 1. The molecule has 0 bridgehead atoms. The summed E-state index contributed by atoms with van der Waals surface area (Å²) >= 11 is 5.90. The number of amides is 1. The van der Waals surface area contributed by atoms with Gasteiger partial charge >= 0.3 is 0 Å². The first-order chi connectivity index (χ1) is 14.9. The Kier molecular flexibility index (Phi) is 6.62. The molecule has 2 atom stereocenters. The van der Waals surface area contributed by atoms with Crippen molar-refractivity contribution in [1.29, 1.82) is 0 Å². The number of carbonyl (C=O) groups is 1. The number of rotatable bonds is 4. The molecule has 2 saturated heterocycles. The number of hydrogen-bond donors (Lipinski definition) is 1. The molecule has 8 heteroatoms. The SMILES string of the molecule is C[C@@H]1CN(c2ccc(NC(=O)C3CCN(c4ccc(Cl)cn4)CC3)cc2F)C[C@H](C)O1. The van der Waals surface area contributed by atoms with E-state index in [1.807, 2.05) is 30.9 Å². The number of anilines is 3. The van der Waals surface area contributed by atoms with E-state index in [2.05, 4.69) is 15.2 Å². The van der Waals surface area contributed by atoms with Crippen LogP contribution in [-0.2, 0) is 9.53 Å². The van der Waals surface area contributed by atoms with Crippen molar-refractivity contribution in [3.63, 3.8) is 0 Å². The summed E-state index contributed by atoms with van der Waals surface area (Å²) < 4.78 is 20.5. The van der Waals surface area contributed by atoms with E-state index in [4.69, 9.17) is 16.3 Å². The molecule has 0 radical (unpaired) electrons. The number of ether oxygens (including phenoxy) is 1. The molecule has 1 aromatic heterocycles. The van der Waals surface area contributed by atoms with E-state index in [0.717, 1.165) is 31.7 Å². The molecule has 2 aromatic rings. The number of pyridine rings is 1. The molecule has 6 nitrogen and oxygen atoms in total. The van der Waals surface area contributed by atoms with Crippen molar-refractivity contribution in [1.82, 2.24) is 4.98 Å². The van der Waals surface area contributed by atoms with Crippen molar-refractivity contribution in [2.45, 2.75) is 38.9 Å². The number of benzene rings is 1. The topological polar surface area (TPSA) is 57.7 Å². The summed E-state index contributed by atoms with van der Waals surface area (Å²) in [6, 6.07) is 8.63. The summed E-state index contributed by atoms with van der Waals surface area (Å²) in [5, 5.41) is 3.49. The maximum atomic E-state index is 14.8. The van der Waals surface area contributed by atoms with Crippen LogP contribution in [0.5, 0.6) is 0 Å². The average Bonchev–Trinajstić information content (AvgIpc) is 2.74. The Labute approximate surface area is 187 Å². The third-order valence-corrected chi connectivity index (χ3v) is 6.10. The van der Waals surface area contributed by atoms with Gasteiger partial charge in [-0.15, -0.1) is 0 Å². The van der Waals surface area contributed by atoms with E-state index in [1.165, 1.54) is 6.07 Å². The number of halogens is 2. The lowest BCUT2D eigenvalue weighted by atomic mass is 9.95. The van der Waals surface area contributed by atoms with E-state index in [9.17, 15) is 9.18 Å². The smallest absolute Gasteiger partial charge is 0.227 e. The Hall–Kier alpha value is -2.38. The quantitative estimate of drug-likeness (QED) is 0.757. The van der Waals surface area contributed by atoms with Gasteiger partial charge in [0.1, 0.15) is 11.6 Å². The van der Waals surface area contributed by atoms with Gasteiger partial charge < -0.3 is 19.9 Å².